The number of amides is 2. The average Bonchev–Trinajstić information content (AvgIpc) is 3.42. The molecule has 0 radical (unpaired) electrons. The number of benzene rings is 1. The molecule has 2 aromatic rings. The first-order valence-corrected chi connectivity index (χ1v) is 10.3. The maximum absolute atomic E-state index is 13.1. The Labute approximate surface area is 172 Å². The van der Waals surface area contributed by atoms with Crippen LogP contribution in [0.5, 0.6) is 11.5 Å². The fourth-order valence-corrected chi connectivity index (χ4v) is 3.71. The molecule has 0 aliphatic carbocycles. The van der Waals surface area contributed by atoms with Crippen molar-refractivity contribution in [3.63, 3.8) is 0 Å². The van der Waals surface area contributed by atoms with Crippen LogP contribution in [0, 0.1) is 0 Å². The van der Waals surface area contributed by atoms with Crippen molar-refractivity contribution in [3.8, 4) is 11.5 Å². The number of aromatic nitrogens is 1. The van der Waals surface area contributed by atoms with Crippen LogP contribution in [-0.4, -0.2) is 79.3 Å². The van der Waals surface area contributed by atoms with E-state index in [2.05, 4.69) is 15.2 Å². The van der Waals surface area contributed by atoms with Crippen molar-refractivity contribution in [2.75, 3.05) is 58.0 Å². The van der Waals surface area contributed by atoms with Crippen molar-refractivity contribution < 1.29 is 23.8 Å². The minimum Gasteiger partial charge on any atom is -0.454 e. The lowest BCUT2D eigenvalue weighted by Crippen LogP contribution is -2.45. The van der Waals surface area contributed by atoms with Gasteiger partial charge in [-0.2, -0.15) is 0 Å². The molecule has 154 valence electrons. The van der Waals surface area contributed by atoms with E-state index in [1.165, 1.54) is 11.3 Å². The topological polar surface area (TPSA) is 93.2 Å². The molecule has 0 bridgehead atoms. The fourth-order valence-electron chi connectivity index (χ4n) is 3.17. The van der Waals surface area contributed by atoms with E-state index in [9.17, 15) is 9.59 Å². The van der Waals surface area contributed by atoms with Crippen LogP contribution < -0.4 is 14.8 Å². The lowest BCUT2D eigenvalue weighted by Gasteiger charge is -2.30. The number of carbonyl (C=O) groups is 2. The van der Waals surface area contributed by atoms with Gasteiger partial charge in [-0.25, -0.2) is 4.98 Å². The highest BCUT2D eigenvalue weighted by molar-refractivity contribution is 7.13. The second-order valence-electron chi connectivity index (χ2n) is 6.63. The van der Waals surface area contributed by atoms with Crippen molar-refractivity contribution in [3.05, 3.63) is 35.3 Å². The number of ether oxygens (including phenoxy) is 3. The lowest BCUT2D eigenvalue weighted by atomic mass is 10.1. The molecule has 0 saturated carbocycles. The molecule has 2 aliphatic rings. The summed E-state index contributed by atoms with van der Waals surface area (Å²) in [5.41, 5.74) is 0.457. The van der Waals surface area contributed by atoms with E-state index < -0.39 is 0 Å². The molecular weight excluding hydrogens is 396 g/mol. The van der Waals surface area contributed by atoms with E-state index in [1.807, 2.05) is 0 Å². The monoisotopic (exact) mass is 418 g/mol. The third-order valence-electron chi connectivity index (χ3n) is 4.71. The van der Waals surface area contributed by atoms with Gasteiger partial charge in [0, 0.05) is 43.3 Å². The van der Waals surface area contributed by atoms with E-state index in [-0.39, 0.29) is 25.2 Å². The Morgan fingerprint density at radius 3 is 2.83 bits per heavy atom. The number of thiazole rings is 1. The smallest absolute Gasteiger partial charge is 0.254 e. The second kappa shape index (κ2) is 9.21. The molecule has 3 heterocycles. The van der Waals surface area contributed by atoms with Gasteiger partial charge in [-0.15, -0.1) is 11.3 Å². The Kier molecular flexibility index (Phi) is 6.23. The maximum Gasteiger partial charge on any atom is 0.254 e. The first-order chi connectivity index (χ1) is 14.2. The van der Waals surface area contributed by atoms with Crippen LogP contribution >= 0.6 is 11.3 Å². The summed E-state index contributed by atoms with van der Waals surface area (Å²) in [4.78, 5) is 33.5. The zero-order valence-electron chi connectivity index (χ0n) is 15.8. The van der Waals surface area contributed by atoms with Crippen molar-refractivity contribution >= 4 is 28.3 Å². The third-order valence-corrected chi connectivity index (χ3v) is 5.40. The largest absolute Gasteiger partial charge is 0.454 e. The highest BCUT2D eigenvalue weighted by Gasteiger charge is 2.23. The Balaban J connectivity index is 1.45. The lowest BCUT2D eigenvalue weighted by molar-refractivity contribution is -0.117. The summed E-state index contributed by atoms with van der Waals surface area (Å²) in [6.45, 7) is 4.18. The van der Waals surface area contributed by atoms with Gasteiger partial charge in [0.1, 0.15) is 6.54 Å². The number of nitrogens with zero attached hydrogens (tertiary/aromatic N) is 3. The van der Waals surface area contributed by atoms with Gasteiger partial charge in [0.2, 0.25) is 12.7 Å². The number of hydrogen-bond donors (Lipinski definition) is 1. The number of anilines is 1. The van der Waals surface area contributed by atoms with Crippen LogP contribution in [0.4, 0.5) is 5.13 Å². The SMILES string of the molecule is O=C(CN(CCN1CCOCC1)C(=O)c1ccc2c(c1)OCO2)Nc1nccs1. The van der Waals surface area contributed by atoms with Crippen molar-refractivity contribution in [2.45, 2.75) is 0 Å². The highest BCUT2D eigenvalue weighted by atomic mass is 32.1. The van der Waals surface area contributed by atoms with Crippen LogP contribution in [-0.2, 0) is 9.53 Å². The Morgan fingerprint density at radius 1 is 1.21 bits per heavy atom. The van der Waals surface area contributed by atoms with E-state index in [4.69, 9.17) is 14.2 Å². The molecule has 1 fully saturated rings. The summed E-state index contributed by atoms with van der Waals surface area (Å²) in [5, 5.41) is 5.03. The summed E-state index contributed by atoms with van der Waals surface area (Å²) in [7, 11) is 0. The molecule has 1 aromatic heterocycles. The fraction of sp³-hybridized carbons (Fsp3) is 0.421. The van der Waals surface area contributed by atoms with Crippen LogP contribution in [0.2, 0.25) is 0 Å². The molecule has 1 aromatic carbocycles. The highest BCUT2D eigenvalue weighted by Crippen LogP contribution is 2.32. The molecule has 0 atom stereocenters. The minimum absolute atomic E-state index is 0.0583. The molecule has 1 N–H and O–H groups in total. The van der Waals surface area contributed by atoms with Gasteiger partial charge in [-0.3, -0.25) is 14.5 Å². The second-order valence-corrected chi connectivity index (χ2v) is 7.53. The molecule has 2 amide bonds. The molecule has 9 nitrogen and oxygen atoms in total. The number of morpholine rings is 1. The quantitative estimate of drug-likeness (QED) is 0.724. The van der Waals surface area contributed by atoms with Gasteiger partial charge in [0.15, 0.2) is 16.6 Å². The van der Waals surface area contributed by atoms with E-state index in [0.717, 1.165) is 13.1 Å². The number of rotatable bonds is 7. The molecule has 10 heteroatoms. The van der Waals surface area contributed by atoms with Gasteiger partial charge in [0.25, 0.3) is 5.91 Å². The number of fused-ring (bicyclic) bond motifs is 1. The molecule has 0 unspecified atom stereocenters. The van der Waals surface area contributed by atoms with Gasteiger partial charge in [0.05, 0.1) is 13.2 Å². The predicted molar refractivity (Wildman–Crippen MR) is 106 cm³/mol. The van der Waals surface area contributed by atoms with E-state index in [0.29, 0.717) is 48.5 Å². The van der Waals surface area contributed by atoms with Crippen LogP contribution in [0.15, 0.2) is 29.8 Å². The van der Waals surface area contributed by atoms with Crippen LogP contribution in [0.3, 0.4) is 0 Å². The zero-order chi connectivity index (χ0) is 20.1. The molecule has 29 heavy (non-hydrogen) atoms. The molecule has 2 aliphatic heterocycles. The van der Waals surface area contributed by atoms with Crippen molar-refractivity contribution in [1.82, 2.24) is 14.8 Å². The molecule has 0 spiro atoms. The summed E-state index contributed by atoms with van der Waals surface area (Å²) in [5.74, 6) is 0.640. The van der Waals surface area contributed by atoms with Crippen molar-refractivity contribution in [1.29, 1.82) is 0 Å². The summed E-state index contributed by atoms with van der Waals surface area (Å²) < 4.78 is 16.1. The van der Waals surface area contributed by atoms with Gasteiger partial charge < -0.3 is 24.4 Å². The Hall–Kier alpha value is -2.69. The zero-order valence-corrected chi connectivity index (χ0v) is 16.7. The van der Waals surface area contributed by atoms with Crippen LogP contribution in [0.25, 0.3) is 0 Å². The summed E-state index contributed by atoms with van der Waals surface area (Å²) >= 11 is 1.33. The minimum atomic E-state index is -0.281. The summed E-state index contributed by atoms with van der Waals surface area (Å²) in [6.07, 6.45) is 1.62. The summed E-state index contributed by atoms with van der Waals surface area (Å²) in [6, 6.07) is 5.06. The van der Waals surface area contributed by atoms with Gasteiger partial charge in [-0.05, 0) is 18.2 Å². The molecule has 4 rings (SSSR count). The van der Waals surface area contributed by atoms with E-state index >= 15 is 0 Å². The number of nitrogens with one attached hydrogen (secondary N) is 1. The predicted octanol–water partition coefficient (Wildman–Crippen LogP) is 1.28. The molecular formula is C19H22N4O5S. The average molecular weight is 418 g/mol. The Bertz CT molecular complexity index is 854. The normalized spacial score (nSPS) is 15.9. The first kappa shape index (κ1) is 19.6. The third kappa shape index (κ3) is 5.03. The molecule has 1 saturated heterocycles. The van der Waals surface area contributed by atoms with Crippen molar-refractivity contribution in [2.24, 2.45) is 0 Å². The first-order valence-electron chi connectivity index (χ1n) is 9.37. The maximum atomic E-state index is 13.1. The van der Waals surface area contributed by atoms with Gasteiger partial charge >= 0.3 is 0 Å². The standard InChI is InChI=1S/C19H22N4O5S/c24-17(21-19-20-3-10-29-19)12-23(5-4-22-6-8-26-9-7-22)18(25)14-1-2-15-16(11-14)28-13-27-15/h1-3,10-11H,4-9,12-13H2,(H,20,21,24). The Morgan fingerprint density at radius 2 is 2.03 bits per heavy atom. The van der Waals surface area contributed by atoms with E-state index in [1.54, 1.807) is 34.7 Å². The van der Waals surface area contributed by atoms with Gasteiger partial charge in [-0.1, -0.05) is 0 Å². The number of carbonyl (C=O) groups excluding carboxylic acids is 2. The van der Waals surface area contributed by atoms with Crippen LogP contribution in [0.1, 0.15) is 10.4 Å². The number of hydrogen-bond acceptors (Lipinski definition) is 8.